The first-order chi connectivity index (χ1) is 24.3. The van der Waals surface area contributed by atoms with Gasteiger partial charge in [-0.25, -0.2) is 8.78 Å². The fraction of sp³-hybridized carbons (Fsp3) is 0.195. The van der Waals surface area contributed by atoms with Crippen molar-refractivity contribution in [3.8, 4) is 29.4 Å². The summed E-state index contributed by atoms with van der Waals surface area (Å²) in [5, 5.41) is 9.24. The zero-order valence-corrected chi connectivity index (χ0v) is 27.9. The number of quaternary nitrogens is 1. The largest absolute Gasteiger partial charge is 0.497 e. The summed E-state index contributed by atoms with van der Waals surface area (Å²) in [6.07, 6.45) is 3.10. The third-order valence-electron chi connectivity index (χ3n) is 8.78. The summed E-state index contributed by atoms with van der Waals surface area (Å²) in [6, 6.07) is 32.6. The number of hydrogen-bond donors (Lipinski definition) is 0. The van der Waals surface area contributed by atoms with Gasteiger partial charge in [-0.15, -0.1) is 0 Å². The van der Waals surface area contributed by atoms with Gasteiger partial charge >= 0.3 is 6.02 Å². The molecule has 9 heteroatoms. The summed E-state index contributed by atoms with van der Waals surface area (Å²) < 4.78 is 48.7. The smallest absolute Gasteiger partial charge is 0.406 e. The zero-order chi connectivity index (χ0) is 35.1. The highest BCUT2D eigenvalue weighted by atomic mass is 19.1. The van der Waals surface area contributed by atoms with E-state index in [9.17, 15) is 9.65 Å². The van der Waals surface area contributed by atoms with Crippen LogP contribution in [0.1, 0.15) is 41.2 Å². The molecule has 7 nitrogen and oxygen atoms in total. The van der Waals surface area contributed by atoms with Crippen LogP contribution in [-0.2, 0) is 16.9 Å². The summed E-state index contributed by atoms with van der Waals surface area (Å²) in [7, 11) is 3.20. The second kappa shape index (κ2) is 14.6. The van der Waals surface area contributed by atoms with Crippen LogP contribution >= 0.6 is 0 Å². The van der Waals surface area contributed by atoms with E-state index in [1.807, 2.05) is 78.9 Å². The minimum Gasteiger partial charge on any atom is -0.497 e. The second-order valence-corrected chi connectivity index (χ2v) is 12.1. The van der Waals surface area contributed by atoms with Gasteiger partial charge in [-0.2, -0.15) is 14.7 Å². The molecule has 1 aliphatic rings. The molecule has 0 fully saturated rings. The molecule has 6 rings (SSSR count). The predicted octanol–water partition coefficient (Wildman–Crippen LogP) is 8.38. The van der Waals surface area contributed by atoms with Gasteiger partial charge in [0.1, 0.15) is 53.6 Å². The maximum atomic E-state index is 15.9. The van der Waals surface area contributed by atoms with Crippen molar-refractivity contribution in [2.45, 2.75) is 31.5 Å². The lowest BCUT2D eigenvalue weighted by Gasteiger charge is -2.43. The first-order valence-electron chi connectivity index (χ1n) is 16.0. The molecule has 0 saturated heterocycles. The Balaban J connectivity index is 1.52. The van der Waals surface area contributed by atoms with Crippen LogP contribution in [0.5, 0.6) is 11.5 Å². The summed E-state index contributed by atoms with van der Waals surface area (Å²) in [5.41, 5.74) is 2.84. The lowest BCUT2D eigenvalue weighted by Crippen LogP contribution is -2.55. The number of halogens is 2. The number of pyridine rings is 1. The molecule has 50 heavy (non-hydrogen) atoms. The van der Waals surface area contributed by atoms with Crippen LogP contribution in [0.15, 0.2) is 121 Å². The third kappa shape index (κ3) is 6.91. The topological polar surface area (TPSA) is 76.7 Å². The first kappa shape index (κ1) is 33.9. The average molecular weight is 670 g/mol. The average Bonchev–Trinajstić information content (AvgIpc) is 3.17. The van der Waals surface area contributed by atoms with Gasteiger partial charge in [0.25, 0.3) is 0 Å². The van der Waals surface area contributed by atoms with Gasteiger partial charge in [0.15, 0.2) is 0 Å². The van der Waals surface area contributed by atoms with E-state index in [1.54, 1.807) is 45.5 Å². The van der Waals surface area contributed by atoms with E-state index in [2.05, 4.69) is 22.9 Å². The Bertz CT molecular complexity index is 2060. The molecule has 0 aliphatic carbocycles. The summed E-state index contributed by atoms with van der Waals surface area (Å²) >= 11 is 0. The number of aliphatic imine (C=N–C) groups is 1. The van der Waals surface area contributed by atoms with Gasteiger partial charge in [0.05, 0.1) is 25.8 Å². The number of rotatable bonds is 8. The third-order valence-corrected chi connectivity index (χ3v) is 8.78. The maximum Gasteiger partial charge on any atom is 0.406 e. The summed E-state index contributed by atoms with van der Waals surface area (Å²) in [5.74, 6) is 6.87. The van der Waals surface area contributed by atoms with Crippen molar-refractivity contribution in [2.75, 3.05) is 20.9 Å². The van der Waals surface area contributed by atoms with Crippen molar-refractivity contribution in [3.05, 3.63) is 149 Å². The highest BCUT2D eigenvalue weighted by molar-refractivity contribution is 5.94. The van der Waals surface area contributed by atoms with E-state index in [0.29, 0.717) is 34.7 Å². The number of amidine groups is 1. The van der Waals surface area contributed by atoms with Crippen molar-refractivity contribution in [1.29, 1.82) is 5.26 Å². The fourth-order valence-electron chi connectivity index (χ4n) is 6.22. The lowest BCUT2D eigenvalue weighted by atomic mass is 9.87. The monoisotopic (exact) mass is 669 g/mol. The first-order valence-corrected chi connectivity index (χ1v) is 16.0. The molecule has 0 radical (unpaired) electrons. The Morgan fingerprint density at radius 1 is 0.840 bits per heavy atom. The Kier molecular flexibility index (Phi) is 9.89. The minimum absolute atomic E-state index is 0.0760. The normalized spacial score (nSPS) is 17.0. The van der Waals surface area contributed by atoms with E-state index in [1.165, 1.54) is 12.3 Å². The SMILES string of the molecule is COc1ccc([N+](Cc2ccccc2)(C2=N[C@H](CF)C[C@@](C)(c3cc(C#Cc4cncc(C#N)c4)ccc3F)O2)c2ccc(OC)cc2)cc1. The predicted molar refractivity (Wildman–Crippen MR) is 189 cm³/mol. The molecule has 5 aromatic rings. The number of benzene rings is 4. The molecule has 2 heterocycles. The van der Waals surface area contributed by atoms with Crippen LogP contribution in [0.4, 0.5) is 20.2 Å². The fourth-order valence-corrected chi connectivity index (χ4v) is 6.22. The van der Waals surface area contributed by atoms with E-state index in [0.717, 1.165) is 16.9 Å². The molecule has 0 unspecified atom stereocenters. The summed E-state index contributed by atoms with van der Waals surface area (Å²) in [4.78, 5) is 8.98. The van der Waals surface area contributed by atoms with Gasteiger partial charge in [-0.3, -0.25) is 4.98 Å². The minimum atomic E-state index is -1.34. The molecule has 0 spiro atoms. The standard InChI is InChI=1S/C41H35F2N4O3/c1-41(38-22-29(11-20-39(38)43)9-10-31-21-32(25-44)27-45-26-31)23-33(24-42)46-40(50-41)47(28-30-7-5-4-6-8-30,34-12-16-36(48-2)17-13-34)35-14-18-37(49-3)19-15-35/h4-8,11-22,26-27,33H,23-24,28H2,1-3H3/q+1/t33-,41-/m0/s1. The highest BCUT2D eigenvalue weighted by Gasteiger charge is 2.50. The number of ether oxygens (including phenoxy) is 3. The van der Waals surface area contributed by atoms with Crippen LogP contribution in [0.25, 0.3) is 0 Å². The van der Waals surface area contributed by atoms with Gasteiger partial charge in [0, 0.05) is 65.3 Å². The van der Waals surface area contributed by atoms with Crippen molar-refractivity contribution in [2.24, 2.45) is 4.99 Å². The van der Waals surface area contributed by atoms with Crippen molar-refractivity contribution >= 4 is 17.4 Å². The van der Waals surface area contributed by atoms with Crippen LogP contribution in [0, 0.1) is 29.0 Å². The Hall–Kier alpha value is -6.03. The van der Waals surface area contributed by atoms with E-state index in [4.69, 9.17) is 19.2 Å². The number of alkyl halides is 1. The van der Waals surface area contributed by atoms with Crippen molar-refractivity contribution < 1.29 is 23.0 Å². The van der Waals surface area contributed by atoms with Gasteiger partial charge in [0.2, 0.25) is 0 Å². The number of methoxy groups -OCH3 is 2. The molecule has 4 aromatic carbocycles. The molecule has 1 aliphatic heterocycles. The molecule has 0 saturated carbocycles. The van der Waals surface area contributed by atoms with Crippen LogP contribution in [0.3, 0.4) is 0 Å². The molecule has 2 atom stereocenters. The number of nitriles is 1. The van der Waals surface area contributed by atoms with Crippen molar-refractivity contribution in [3.63, 3.8) is 0 Å². The molecule has 1 aromatic heterocycles. The Morgan fingerprint density at radius 2 is 1.46 bits per heavy atom. The number of hydrogen-bond acceptors (Lipinski definition) is 6. The quantitative estimate of drug-likeness (QED) is 0.123. The molecular weight excluding hydrogens is 634 g/mol. The van der Waals surface area contributed by atoms with E-state index in [-0.39, 0.29) is 22.5 Å². The molecular formula is C41H35F2N4O3+. The zero-order valence-electron chi connectivity index (χ0n) is 27.9. The van der Waals surface area contributed by atoms with Gasteiger partial charge in [-0.1, -0.05) is 42.2 Å². The van der Waals surface area contributed by atoms with Crippen LogP contribution in [0.2, 0.25) is 0 Å². The number of nitrogens with zero attached hydrogens (tertiary/aromatic N) is 4. The van der Waals surface area contributed by atoms with E-state index >= 15 is 4.39 Å². The van der Waals surface area contributed by atoms with Crippen molar-refractivity contribution in [1.82, 2.24) is 9.47 Å². The highest BCUT2D eigenvalue weighted by Crippen LogP contribution is 2.45. The molecule has 0 amide bonds. The van der Waals surface area contributed by atoms with Gasteiger partial charge in [-0.05, 0) is 55.5 Å². The van der Waals surface area contributed by atoms with Crippen LogP contribution in [-0.4, -0.2) is 37.9 Å². The lowest BCUT2D eigenvalue weighted by molar-refractivity contribution is 0.0171. The molecule has 0 bridgehead atoms. The van der Waals surface area contributed by atoms with Crippen LogP contribution < -0.4 is 14.0 Å². The second-order valence-electron chi connectivity index (χ2n) is 12.1. The molecule has 0 N–H and O–H groups in total. The maximum absolute atomic E-state index is 15.9. The number of aromatic nitrogens is 1. The van der Waals surface area contributed by atoms with E-state index < -0.39 is 24.1 Å². The Labute approximate surface area is 290 Å². The Morgan fingerprint density at radius 3 is 2.06 bits per heavy atom. The molecule has 250 valence electrons. The summed E-state index contributed by atoms with van der Waals surface area (Å²) in [6.45, 7) is 1.33. The van der Waals surface area contributed by atoms with Gasteiger partial charge < -0.3 is 14.2 Å².